The van der Waals surface area contributed by atoms with E-state index < -0.39 is 5.97 Å². The van der Waals surface area contributed by atoms with Gasteiger partial charge in [-0.2, -0.15) is 0 Å². The van der Waals surface area contributed by atoms with Gasteiger partial charge in [0.25, 0.3) is 0 Å². The normalized spacial score (nSPS) is 30.3. The van der Waals surface area contributed by atoms with E-state index in [0.29, 0.717) is 12.8 Å². The molecule has 1 amide bonds. The first-order valence-electron chi connectivity index (χ1n) is 6.08. The fourth-order valence-electron chi connectivity index (χ4n) is 2.72. The molecule has 0 aromatic carbocycles. The van der Waals surface area contributed by atoms with Gasteiger partial charge in [0.15, 0.2) is 0 Å². The number of hydrogen-bond acceptors (Lipinski definition) is 3. The maximum Gasteiger partial charge on any atom is 0.306 e. The largest absolute Gasteiger partial charge is 0.481 e. The van der Waals surface area contributed by atoms with Crippen LogP contribution in [0.25, 0.3) is 0 Å². The molecule has 5 heteroatoms. The summed E-state index contributed by atoms with van der Waals surface area (Å²) >= 11 is 0. The van der Waals surface area contributed by atoms with Crippen LogP contribution in [0.1, 0.15) is 33.6 Å². The zero-order valence-electron chi connectivity index (χ0n) is 10.6. The van der Waals surface area contributed by atoms with Crippen LogP contribution in [-0.4, -0.2) is 29.1 Å². The molecule has 1 saturated carbocycles. The van der Waals surface area contributed by atoms with Gasteiger partial charge in [0.2, 0.25) is 5.91 Å². The molecule has 1 fully saturated rings. The highest BCUT2D eigenvalue weighted by molar-refractivity contribution is 5.73. The standard InChI is InChI=1S/C12H22N2O3/c1-6(2)11(14-7(3)15)9-4-8(12(16)17)5-10(9)13/h6,8-11H,4-5,13H2,1-3H3,(H,14,15)(H,16,17)/t8?,9-,10?,11?/m1/s1. The van der Waals surface area contributed by atoms with Gasteiger partial charge in [-0.05, 0) is 24.7 Å². The molecule has 4 atom stereocenters. The lowest BCUT2D eigenvalue weighted by Crippen LogP contribution is -2.47. The minimum atomic E-state index is -0.784. The first kappa shape index (κ1) is 14.0. The second-order valence-corrected chi connectivity index (χ2v) is 5.30. The highest BCUT2D eigenvalue weighted by atomic mass is 16.4. The summed E-state index contributed by atoms with van der Waals surface area (Å²) in [6.07, 6.45) is 1.06. The minimum absolute atomic E-state index is 0.0353. The molecular formula is C12H22N2O3. The first-order valence-corrected chi connectivity index (χ1v) is 6.08. The monoisotopic (exact) mass is 242 g/mol. The molecule has 0 radical (unpaired) electrons. The van der Waals surface area contributed by atoms with Crippen LogP contribution in [0, 0.1) is 17.8 Å². The van der Waals surface area contributed by atoms with Crippen molar-refractivity contribution >= 4 is 11.9 Å². The molecule has 0 aromatic heterocycles. The van der Waals surface area contributed by atoms with Crippen molar-refractivity contribution in [2.45, 2.75) is 45.7 Å². The zero-order chi connectivity index (χ0) is 13.2. The van der Waals surface area contributed by atoms with Crippen LogP contribution < -0.4 is 11.1 Å². The Morgan fingerprint density at radius 1 is 1.35 bits per heavy atom. The van der Waals surface area contributed by atoms with Gasteiger partial charge in [0, 0.05) is 19.0 Å². The summed E-state index contributed by atoms with van der Waals surface area (Å²) in [6.45, 7) is 5.51. The van der Waals surface area contributed by atoms with Crippen molar-refractivity contribution in [3.05, 3.63) is 0 Å². The van der Waals surface area contributed by atoms with Gasteiger partial charge in [0.05, 0.1) is 5.92 Å². The Balaban J connectivity index is 2.74. The van der Waals surface area contributed by atoms with Crippen molar-refractivity contribution in [1.82, 2.24) is 5.32 Å². The third-order valence-corrected chi connectivity index (χ3v) is 3.56. The molecule has 1 aliphatic carbocycles. The molecular weight excluding hydrogens is 220 g/mol. The Labute approximate surface area is 102 Å². The van der Waals surface area contributed by atoms with E-state index in [-0.39, 0.29) is 35.7 Å². The topological polar surface area (TPSA) is 92.4 Å². The number of nitrogens with two attached hydrogens (primary N) is 1. The predicted octanol–water partition coefficient (Wildman–Crippen LogP) is 0.585. The van der Waals surface area contributed by atoms with E-state index in [9.17, 15) is 9.59 Å². The fraction of sp³-hybridized carbons (Fsp3) is 0.833. The summed E-state index contributed by atoms with van der Waals surface area (Å²) in [4.78, 5) is 22.1. The van der Waals surface area contributed by atoms with Crippen LogP contribution in [0.2, 0.25) is 0 Å². The average Bonchev–Trinajstić information content (AvgIpc) is 2.56. The van der Waals surface area contributed by atoms with Crippen molar-refractivity contribution in [3.63, 3.8) is 0 Å². The van der Waals surface area contributed by atoms with Crippen LogP contribution >= 0.6 is 0 Å². The second kappa shape index (κ2) is 5.49. The second-order valence-electron chi connectivity index (χ2n) is 5.30. The molecule has 3 unspecified atom stereocenters. The molecule has 0 aromatic rings. The van der Waals surface area contributed by atoms with Crippen molar-refractivity contribution in [1.29, 1.82) is 0 Å². The highest BCUT2D eigenvalue weighted by Gasteiger charge is 2.41. The molecule has 0 bridgehead atoms. The number of aliphatic carboxylic acids is 1. The molecule has 17 heavy (non-hydrogen) atoms. The van der Waals surface area contributed by atoms with Crippen molar-refractivity contribution in [2.24, 2.45) is 23.5 Å². The summed E-state index contributed by atoms with van der Waals surface area (Å²) in [5, 5.41) is 11.9. The Morgan fingerprint density at radius 2 is 1.94 bits per heavy atom. The molecule has 0 heterocycles. The lowest BCUT2D eigenvalue weighted by molar-refractivity contribution is -0.141. The van der Waals surface area contributed by atoms with E-state index in [0.717, 1.165) is 0 Å². The molecule has 1 rings (SSSR count). The summed E-state index contributed by atoms with van der Waals surface area (Å²) in [7, 11) is 0. The Morgan fingerprint density at radius 3 is 2.29 bits per heavy atom. The maximum absolute atomic E-state index is 11.2. The van der Waals surface area contributed by atoms with Gasteiger partial charge < -0.3 is 16.2 Å². The Hall–Kier alpha value is -1.10. The highest BCUT2D eigenvalue weighted by Crippen LogP contribution is 2.34. The van der Waals surface area contributed by atoms with E-state index >= 15 is 0 Å². The average molecular weight is 242 g/mol. The Kier molecular flexibility index (Phi) is 4.51. The van der Waals surface area contributed by atoms with Crippen LogP contribution in [-0.2, 0) is 9.59 Å². The molecule has 0 spiro atoms. The quantitative estimate of drug-likeness (QED) is 0.672. The zero-order valence-corrected chi connectivity index (χ0v) is 10.6. The van der Waals surface area contributed by atoms with Crippen LogP contribution in [0.3, 0.4) is 0 Å². The smallest absolute Gasteiger partial charge is 0.306 e. The van der Waals surface area contributed by atoms with Gasteiger partial charge in [0.1, 0.15) is 0 Å². The van der Waals surface area contributed by atoms with E-state index in [1.807, 2.05) is 13.8 Å². The summed E-state index contributed by atoms with van der Waals surface area (Å²) in [5.74, 6) is -0.935. The lowest BCUT2D eigenvalue weighted by atomic mass is 9.86. The number of amides is 1. The summed E-state index contributed by atoms with van der Waals surface area (Å²) in [6, 6.07) is -0.179. The SMILES string of the molecule is CC(=O)NC(C(C)C)[C@@H]1CC(C(=O)O)CC1N. The fourth-order valence-corrected chi connectivity index (χ4v) is 2.72. The van der Waals surface area contributed by atoms with Crippen molar-refractivity contribution < 1.29 is 14.7 Å². The molecule has 1 aliphatic rings. The summed E-state index contributed by atoms with van der Waals surface area (Å²) < 4.78 is 0. The van der Waals surface area contributed by atoms with E-state index in [1.165, 1.54) is 6.92 Å². The number of nitrogens with one attached hydrogen (secondary N) is 1. The minimum Gasteiger partial charge on any atom is -0.481 e. The maximum atomic E-state index is 11.2. The molecule has 98 valence electrons. The van der Waals surface area contributed by atoms with E-state index in [1.54, 1.807) is 0 Å². The molecule has 5 nitrogen and oxygen atoms in total. The lowest BCUT2D eigenvalue weighted by Gasteiger charge is -2.30. The van der Waals surface area contributed by atoms with Crippen molar-refractivity contribution in [3.8, 4) is 0 Å². The third kappa shape index (κ3) is 3.43. The number of rotatable bonds is 4. The molecule has 0 aliphatic heterocycles. The number of carboxylic acids is 1. The van der Waals surface area contributed by atoms with Crippen LogP contribution in [0.15, 0.2) is 0 Å². The number of carboxylic acid groups (broad SMARTS) is 1. The van der Waals surface area contributed by atoms with Crippen LogP contribution in [0.4, 0.5) is 0 Å². The predicted molar refractivity (Wildman–Crippen MR) is 64.3 cm³/mol. The number of hydrogen-bond donors (Lipinski definition) is 3. The first-order chi connectivity index (χ1) is 7.82. The number of carbonyl (C=O) groups is 2. The van der Waals surface area contributed by atoms with E-state index in [4.69, 9.17) is 10.8 Å². The molecule has 0 saturated heterocycles. The van der Waals surface area contributed by atoms with Crippen LogP contribution in [0.5, 0.6) is 0 Å². The van der Waals surface area contributed by atoms with Gasteiger partial charge in [-0.3, -0.25) is 9.59 Å². The van der Waals surface area contributed by atoms with Gasteiger partial charge in [-0.15, -0.1) is 0 Å². The summed E-state index contributed by atoms with van der Waals surface area (Å²) in [5.41, 5.74) is 6.01. The van der Waals surface area contributed by atoms with Gasteiger partial charge in [-0.1, -0.05) is 13.8 Å². The van der Waals surface area contributed by atoms with E-state index in [2.05, 4.69) is 5.32 Å². The van der Waals surface area contributed by atoms with Crippen molar-refractivity contribution in [2.75, 3.05) is 0 Å². The third-order valence-electron chi connectivity index (χ3n) is 3.56. The Bertz CT molecular complexity index is 304. The van der Waals surface area contributed by atoms with Gasteiger partial charge in [-0.25, -0.2) is 0 Å². The van der Waals surface area contributed by atoms with Gasteiger partial charge >= 0.3 is 5.97 Å². The number of carbonyl (C=O) groups excluding carboxylic acids is 1. The molecule has 4 N–H and O–H groups in total.